The molecule has 0 spiro atoms. The van der Waals surface area contributed by atoms with Gasteiger partial charge in [0, 0.05) is 31.9 Å². The van der Waals surface area contributed by atoms with Crippen LogP contribution in [-0.2, 0) is 14.8 Å². The zero-order valence-electron chi connectivity index (χ0n) is 15.9. The highest BCUT2D eigenvalue weighted by Crippen LogP contribution is 2.19. The molecule has 1 saturated heterocycles. The maximum atomic E-state index is 12.4. The van der Waals surface area contributed by atoms with Gasteiger partial charge in [-0.15, -0.1) is 0 Å². The molecule has 1 aliphatic heterocycles. The molecule has 0 unspecified atom stereocenters. The number of nitrogens with one attached hydrogen (secondary N) is 1. The Kier molecular flexibility index (Phi) is 6.53. The number of hydrogen-bond donors (Lipinski definition) is 1. The summed E-state index contributed by atoms with van der Waals surface area (Å²) in [5.74, 6) is 0.400. The summed E-state index contributed by atoms with van der Waals surface area (Å²) in [7, 11) is -3.67. The molecule has 0 bridgehead atoms. The average Bonchev–Trinajstić information content (AvgIpc) is 2.73. The molecule has 3 rings (SSSR count). The van der Waals surface area contributed by atoms with Gasteiger partial charge in [0.15, 0.2) is 6.61 Å². The number of hydrogen-bond acceptors (Lipinski definition) is 5. The van der Waals surface area contributed by atoms with Crippen molar-refractivity contribution < 1.29 is 17.9 Å². The van der Waals surface area contributed by atoms with Crippen LogP contribution in [-0.4, -0.2) is 63.5 Å². The Labute approximate surface area is 166 Å². The number of amides is 1. The van der Waals surface area contributed by atoms with Crippen LogP contribution in [0.15, 0.2) is 59.5 Å². The molecule has 0 saturated carbocycles. The van der Waals surface area contributed by atoms with Gasteiger partial charge in [-0.2, -0.15) is 0 Å². The summed E-state index contributed by atoms with van der Waals surface area (Å²) in [6, 6.07) is 14.7. The van der Waals surface area contributed by atoms with Gasteiger partial charge in [0.2, 0.25) is 0 Å². The van der Waals surface area contributed by atoms with Gasteiger partial charge in [-0.3, -0.25) is 9.52 Å². The Morgan fingerprint density at radius 2 is 1.64 bits per heavy atom. The summed E-state index contributed by atoms with van der Waals surface area (Å²) in [6.07, 6.45) is 0. The number of anilines is 1. The van der Waals surface area contributed by atoms with E-state index in [1.54, 1.807) is 41.3 Å². The van der Waals surface area contributed by atoms with Crippen molar-refractivity contribution in [3.05, 3.63) is 54.6 Å². The van der Waals surface area contributed by atoms with Gasteiger partial charge >= 0.3 is 0 Å². The van der Waals surface area contributed by atoms with Crippen LogP contribution >= 0.6 is 0 Å². The van der Waals surface area contributed by atoms with Gasteiger partial charge in [0.25, 0.3) is 15.9 Å². The molecule has 1 heterocycles. The fourth-order valence-electron chi connectivity index (χ4n) is 2.99. The first-order valence-corrected chi connectivity index (χ1v) is 10.8. The predicted octanol–water partition coefficient (Wildman–Crippen LogP) is 2.03. The standard InChI is InChI=1S/C20H25N3O4S/c1-2-22-12-14-23(15-13-22)20(24)16-27-18-8-10-19(11-9-18)28(25,26)21-17-6-4-3-5-7-17/h3-11,21H,2,12-16H2,1H3. The minimum Gasteiger partial charge on any atom is -0.484 e. The highest BCUT2D eigenvalue weighted by atomic mass is 32.2. The molecule has 8 heteroatoms. The Balaban J connectivity index is 1.53. The van der Waals surface area contributed by atoms with Crippen LogP contribution in [0.25, 0.3) is 0 Å². The number of nitrogens with zero attached hydrogens (tertiary/aromatic N) is 2. The van der Waals surface area contributed by atoms with E-state index >= 15 is 0 Å². The Morgan fingerprint density at radius 1 is 1.00 bits per heavy atom. The summed E-state index contributed by atoms with van der Waals surface area (Å²) in [6.45, 7) is 6.22. The second-order valence-electron chi connectivity index (χ2n) is 6.55. The van der Waals surface area contributed by atoms with E-state index in [1.165, 1.54) is 12.1 Å². The Hall–Kier alpha value is -2.58. The first-order valence-electron chi connectivity index (χ1n) is 9.29. The smallest absolute Gasteiger partial charge is 0.261 e. The van der Waals surface area contributed by atoms with Crippen molar-refractivity contribution in [3.63, 3.8) is 0 Å². The first-order chi connectivity index (χ1) is 13.5. The number of likely N-dealkylation sites (N-methyl/N-ethyl adjacent to an activating group) is 1. The quantitative estimate of drug-likeness (QED) is 0.765. The van der Waals surface area contributed by atoms with Crippen LogP contribution in [0.1, 0.15) is 6.92 Å². The van der Waals surface area contributed by atoms with E-state index in [0.29, 0.717) is 24.5 Å². The number of rotatable bonds is 7. The van der Waals surface area contributed by atoms with E-state index < -0.39 is 10.0 Å². The molecular formula is C20H25N3O4S. The maximum Gasteiger partial charge on any atom is 0.261 e. The second-order valence-corrected chi connectivity index (χ2v) is 8.23. The fourth-order valence-corrected chi connectivity index (χ4v) is 4.04. The van der Waals surface area contributed by atoms with Crippen LogP contribution < -0.4 is 9.46 Å². The molecule has 0 aliphatic carbocycles. The lowest BCUT2D eigenvalue weighted by Crippen LogP contribution is -2.49. The third-order valence-electron chi connectivity index (χ3n) is 4.69. The minimum absolute atomic E-state index is 0.0551. The molecule has 2 aromatic rings. The molecule has 0 aromatic heterocycles. The number of ether oxygens (including phenoxy) is 1. The summed E-state index contributed by atoms with van der Waals surface area (Å²) in [5, 5.41) is 0. The average molecular weight is 404 g/mol. The third-order valence-corrected chi connectivity index (χ3v) is 6.09. The molecule has 150 valence electrons. The number of carbonyl (C=O) groups is 1. The number of carbonyl (C=O) groups excluding carboxylic acids is 1. The fraction of sp³-hybridized carbons (Fsp3) is 0.350. The van der Waals surface area contributed by atoms with Crippen LogP contribution in [0.5, 0.6) is 5.75 Å². The van der Waals surface area contributed by atoms with Crippen molar-refractivity contribution in [3.8, 4) is 5.75 Å². The van der Waals surface area contributed by atoms with Gasteiger partial charge in [-0.25, -0.2) is 8.42 Å². The van der Waals surface area contributed by atoms with Gasteiger partial charge in [0.05, 0.1) is 4.90 Å². The van der Waals surface area contributed by atoms with Crippen molar-refractivity contribution in [2.24, 2.45) is 0 Å². The lowest BCUT2D eigenvalue weighted by molar-refractivity contribution is -0.135. The monoisotopic (exact) mass is 403 g/mol. The highest BCUT2D eigenvalue weighted by Gasteiger charge is 2.20. The van der Waals surface area contributed by atoms with Gasteiger partial charge in [-0.1, -0.05) is 25.1 Å². The second kappa shape index (κ2) is 9.07. The molecule has 28 heavy (non-hydrogen) atoms. The van der Waals surface area contributed by atoms with Crippen LogP contribution in [0, 0.1) is 0 Å². The zero-order chi connectivity index (χ0) is 20.0. The molecule has 1 aliphatic rings. The van der Waals surface area contributed by atoms with Crippen molar-refractivity contribution in [2.75, 3.05) is 44.1 Å². The van der Waals surface area contributed by atoms with Crippen LogP contribution in [0.2, 0.25) is 0 Å². The van der Waals surface area contributed by atoms with Gasteiger partial charge in [-0.05, 0) is 42.9 Å². The van der Waals surface area contributed by atoms with E-state index in [0.717, 1.165) is 19.6 Å². The van der Waals surface area contributed by atoms with E-state index in [9.17, 15) is 13.2 Å². The predicted molar refractivity (Wildman–Crippen MR) is 108 cm³/mol. The Bertz CT molecular complexity index is 877. The molecule has 1 fully saturated rings. The van der Waals surface area contributed by atoms with Crippen LogP contribution in [0.3, 0.4) is 0 Å². The summed E-state index contributed by atoms with van der Waals surface area (Å²) in [5.41, 5.74) is 0.497. The summed E-state index contributed by atoms with van der Waals surface area (Å²) >= 11 is 0. The SMILES string of the molecule is CCN1CCN(C(=O)COc2ccc(S(=O)(=O)Nc3ccccc3)cc2)CC1. The molecule has 2 aromatic carbocycles. The van der Waals surface area contributed by atoms with E-state index in [2.05, 4.69) is 16.5 Å². The molecule has 1 N–H and O–H groups in total. The normalized spacial score (nSPS) is 15.2. The van der Waals surface area contributed by atoms with E-state index in [-0.39, 0.29) is 17.4 Å². The van der Waals surface area contributed by atoms with Crippen molar-refractivity contribution in [1.82, 2.24) is 9.80 Å². The molecule has 0 radical (unpaired) electrons. The first kappa shape index (κ1) is 20.2. The Morgan fingerprint density at radius 3 is 2.25 bits per heavy atom. The van der Waals surface area contributed by atoms with Crippen molar-refractivity contribution >= 4 is 21.6 Å². The molecule has 0 atom stereocenters. The molecule has 1 amide bonds. The van der Waals surface area contributed by atoms with E-state index in [4.69, 9.17) is 4.74 Å². The zero-order valence-corrected chi connectivity index (χ0v) is 16.7. The van der Waals surface area contributed by atoms with Crippen LogP contribution in [0.4, 0.5) is 5.69 Å². The van der Waals surface area contributed by atoms with Gasteiger partial charge < -0.3 is 14.5 Å². The van der Waals surface area contributed by atoms with Crippen molar-refractivity contribution in [1.29, 1.82) is 0 Å². The number of piperazine rings is 1. The summed E-state index contributed by atoms with van der Waals surface area (Å²) < 4.78 is 32.9. The number of para-hydroxylation sites is 1. The maximum absolute atomic E-state index is 12.4. The highest BCUT2D eigenvalue weighted by molar-refractivity contribution is 7.92. The van der Waals surface area contributed by atoms with Crippen molar-refractivity contribution in [2.45, 2.75) is 11.8 Å². The largest absolute Gasteiger partial charge is 0.484 e. The lowest BCUT2D eigenvalue weighted by atomic mass is 10.3. The van der Waals surface area contributed by atoms with E-state index in [1.807, 2.05) is 6.07 Å². The third kappa shape index (κ3) is 5.24. The topological polar surface area (TPSA) is 79.0 Å². The molecular weight excluding hydrogens is 378 g/mol. The number of benzene rings is 2. The summed E-state index contributed by atoms with van der Waals surface area (Å²) in [4.78, 5) is 16.5. The number of sulfonamides is 1. The lowest BCUT2D eigenvalue weighted by Gasteiger charge is -2.33. The minimum atomic E-state index is -3.67. The molecule has 7 nitrogen and oxygen atoms in total. The van der Waals surface area contributed by atoms with Gasteiger partial charge in [0.1, 0.15) is 5.75 Å².